The zero-order valence-electron chi connectivity index (χ0n) is 15.2. The molecule has 0 spiro atoms. The molecule has 3 nitrogen and oxygen atoms in total. The third-order valence-electron chi connectivity index (χ3n) is 3.92. The zero-order valence-corrected chi connectivity index (χ0v) is 16.8. The molecular weight excluding hydrogens is 360 g/mol. The van der Waals surface area contributed by atoms with E-state index in [4.69, 9.17) is 0 Å². The number of rotatable bonds is 5. The molecule has 1 amide bonds. The lowest BCUT2D eigenvalue weighted by Crippen LogP contribution is -2.14. The van der Waals surface area contributed by atoms with Gasteiger partial charge in [-0.25, -0.2) is 4.98 Å². The van der Waals surface area contributed by atoms with Gasteiger partial charge in [-0.2, -0.15) is 0 Å². The average Bonchev–Trinajstić information content (AvgIpc) is 3.07. The standard InChI is InChI=1S/C21H22N2OS2/c1-21(2,3)16-11-9-15(10-12-16)19(24)23-20-22-17(14-26-20)13-25-18-7-5-4-6-8-18/h4-12,14H,13H2,1-3H3,(H,22,23,24). The van der Waals surface area contributed by atoms with Gasteiger partial charge in [0.1, 0.15) is 0 Å². The highest BCUT2D eigenvalue weighted by Crippen LogP contribution is 2.26. The van der Waals surface area contributed by atoms with E-state index >= 15 is 0 Å². The van der Waals surface area contributed by atoms with Crippen molar-refractivity contribution < 1.29 is 4.79 Å². The Balaban J connectivity index is 1.59. The van der Waals surface area contributed by atoms with Crippen LogP contribution in [-0.2, 0) is 11.2 Å². The fourth-order valence-electron chi connectivity index (χ4n) is 2.40. The van der Waals surface area contributed by atoms with Crippen molar-refractivity contribution in [1.82, 2.24) is 4.98 Å². The minimum Gasteiger partial charge on any atom is -0.298 e. The Kier molecular flexibility index (Phi) is 5.79. The van der Waals surface area contributed by atoms with Crippen molar-refractivity contribution in [1.29, 1.82) is 0 Å². The highest BCUT2D eigenvalue weighted by Gasteiger charge is 2.15. The van der Waals surface area contributed by atoms with Crippen LogP contribution in [0.1, 0.15) is 42.4 Å². The summed E-state index contributed by atoms with van der Waals surface area (Å²) in [5, 5.41) is 5.53. The molecule has 1 aromatic heterocycles. The molecule has 3 aromatic rings. The molecule has 26 heavy (non-hydrogen) atoms. The Bertz CT molecular complexity index is 865. The molecule has 0 radical (unpaired) electrons. The Labute approximate surface area is 162 Å². The topological polar surface area (TPSA) is 42.0 Å². The molecule has 5 heteroatoms. The van der Waals surface area contributed by atoms with Crippen LogP contribution in [0.15, 0.2) is 64.9 Å². The van der Waals surface area contributed by atoms with Gasteiger partial charge in [-0.1, -0.05) is 51.1 Å². The lowest BCUT2D eigenvalue weighted by atomic mass is 9.87. The number of benzene rings is 2. The van der Waals surface area contributed by atoms with Gasteiger partial charge in [0, 0.05) is 21.6 Å². The summed E-state index contributed by atoms with van der Waals surface area (Å²) >= 11 is 3.20. The van der Waals surface area contributed by atoms with E-state index < -0.39 is 0 Å². The maximum atomic E-state index is 12.4. The van der Waals surface area contributed by atoms with Crippen molar-refractivity contribution in [2.45, 2.75) is 36.8 Å². The maximum Gasteiger partial charge on any atom is 0.257 e. The van der Waals surface area contributed by atoms with E-state index in [1.54, 1.807) is 11.8 Å². The molecule has 0 atom stereocenters. The minimum absolute atomic E-state index is 0.0790. The molecule has 0 aliphatic heterocycles. The predicted octanol–water partition coefficient (Wildman–Crippen LogP) is 5.99. The normalized spacial score (nSPS) is 11.3. The SMILES string of the molecule is CC(C)(C)c1ccc(C(=O)Nc2nc(CSc3ccccc3)cs2)cc1. The van der Waals surface area contributed by atoms with E-state index in [0.29, 0.717) is 10.7 Å². The number of aromatic nitrogens is 1. The van der Waals surface area contributed by atoms with E-state index in [0.717, 1.165) is 11.4 Å². The molecule has 0 fully saturated rings. The Hall–Kier alpha value is -2.11. The Morgan fingerprint density at radius 3 is 2.42 bits per heavy atom. The van der Waals surface area contributed by atoms with Gasteiger partial charge in [0.05, 0.1) is 5.69 Å². The van der Waals surface area contributed by atoms with Gasteiger partial charge >= 0.3 is 0 Å². The maximum absolute atomic E-state index is 12.4. The molecule has 0 unspecified atom stereocenters. The number of carbonyl (C=O) groups is 1. The smallest absolute Gasteiger partial charge is 0.257 e. The lowest BCUT2D eigenvalue weighted by molar-refractivity contribution is 0.102. The molecule has 0 aliphatic rings. The van der Waals surface area contributed by atoms with Crippen LogP contribution in [0.2, 0.25) is 0 Å². The molecule has 0 saturated heterocycles. The third-order valence-corrected chi connectivity index (χ3v) is 5.77. The van der Waals surface area contributed by atoms with Crippen molar-refractivity contribution in [3.63, 3.8) is 0 Å². The van der Waals surface area contributed by atoms with Crippen LogP contribution >= 0.6 is 23.1 Å². The first-order valence-electron chi connectivity index (χ1n) is 8.46. The van der Waals surface area contributed by atoms with Crippen LogP contribution in [0.5, 0.6) is 0 Å². The Morgan fingerprint density at radius 1 is 1.08 bits per heavy atom. The number of thiazole rings is 1. The summed E-state index contributed by atoms with van der Waals surface area (Å²) in [6.07, 6.45) is 0. The third kappa shape index (κ3) is 4.96. The number of hydrogen-bond donors (Lipinski definition) is 1. The molecule has 0 aliphatic carbocycles. The summed E-state index contributed by atoms with van der Waals surface area (Å²) in [5.41, 5.74) is 2.91. The summed E-state index contributed by atoms with van der Waals surface area (Å²) in [5.74, 6) is 0.665. The molecule has 2 aromatic carbocycles. The number of carbonyl (C=O) groups excluding carboxylic acids is 1. The summed E-state index contributed by atoms with van der Waals surface area (Å²) in [7, 11) is 0. The minimum atomic E-state index is -0.123. The summed E-state index contributed by atoms with van der Waals surface area (Å²) in [6, 6.07) is 18.0. The van der Waals surface area contributed by atoms with Gasteiger partial charge in [0.2, 0.25) is 0 Å². The van der Waals surface area contributed by atoms with Crippen molar-refractivity contribution in [2.24, 2.45) is 0 Å². The van der Waals surface area contributed by atoms with E-state index in [-0.39, 0.29) is 11.3 Å². The number of nitrogens with zero attached hydrogens (tertiary/aromatic N) is 1. The van der Waals surface area contributed by atoms with Crippen LogP contribution in [0, 0.1) is 0 Å². The van der Waals surface area contributed by atoms with Crippen molar-refractivity contribution >= 4 is 34.1 Å². The second-order valence-corrected chi connectivity index (χ2v) is 8.93. The van der Waals surface area contributed by atoms with Crippen LogP contribution in [0.25, 0.3) is 0 Å². The quantitative estimate of drug-likeness (QED) is 0.552. The van der Waals surface area contributed by atoms with Crippen LogP contribution in [-0.4, -0.2) is 10.9 Å². The fraction of sp³-hybridized carbons (Fsp3) is 0.238. The first-order chi connectivity index (χ1) is 12.4. The van der Waals surface area contributed by atoms with Gasteiger partial charge in [-0.15, -0.1) is 23.1 Å². The predicted molar refractivity (Wildman–Crippen MR) is 111 cm³/mol. The Morgan fingerprint density at radius 2 is 1.77 bits per heavy atom. The van der Waals surface area contributed by atoms with E-state index in [1.807, 2.05) is 47.8 Å². The largest absolute Gasteiger partial charge is 0.298 e. The molecule has 134 valence electrons. The molecule has 3 rings (SSSR count). The van der Waals surface area contributed by atoms with Gasteiger partial charge in [-0.05, 0) is 35.2 Å². The number of anilines is 1. The average molecular weight is 383 g/mol. The molecule has 1 heterocycles. The molecular formula is C21H22N2OS2. The van der Waals surface area contributed by atoms with Crippen molar-refractivity contribution in [3.8, 4) is 0 Å². The highest BCUT2D eigenvalue weighted by molar-refractivity contribution is 7.98. The highest BCUT2D eigenvalue weighted by atomic mass is 32.2. The zero-order chi connectivity index (χ0) is 18.6. The number of amides is 1. The summed E-state index contributed by atoms with van der Waals surface area (Å²) < 4.78 is 0. The molecule has 1 N–H and O–H groups in total. The van der Waals surface area contributed by atoms with E-state index in [9.17, 15) is 4.79 Å². The number of hydrogen-bond acceptors (Lipinski definition) is 4. The summed E-state index contributed by atoms with van der Waals surface area (Å²) in [4.78, 5) is 18.1. The summed E-state index contributed by atoms with van der Waals surface area (Å²) in [6.45, 7) is 6.48. The fourth-order valence-corrected chi connectivity index (χ4v) is 4.02. The molecule has 0 saturated carbocycles. The van der Waals surface area contributed by atoms with Crippen LogP contribution < -0.4 is 5.32 Å². The second kappa shape index (κ2) is 8.06. The number of nitrogens with one attached hydrogen (secondary N) is 1. The monoisotopic (exact) mass is 382 g/mol. The first kappa shape index (κ1) is 18.7. The van der Waals surface area contributed by atoms with Gasteiger partial charge < -0.3 is 0 Å². The van der Waals surface area contributed by atoms with Gasteiger partial charge in [0.25, 0.3) is 5.91 Å². The lowest BCUT2D eigenvalue weighted by Gasteiger charge is -2.18. The van der Waals surface area contributed by atoms with Crippen molar-refractivity contribution in [2.75, 3.05) is 5.32 Å². The van der Waals surface area contributed by atoms with Crippen molar-refractivity contribution in [3.05, 3.63) is 76.8 Å². The van der Waals surface area contributed by atoms with Gasteiger partial charge in [-0.3, -0.25) is 10.1 Å². The van der Waals surface area contributed by atoms with Crippen LogP contribution in [0.3, 0.4) is 0 Å². The van der Waals surface area contributed by atoms with E-state index in [2.05, 4.69) is 43.2 Å². The van der Waals surface area contributed by atoms with E-state index in [1.165, 1.54) is 21.8 Å². The number of thioether (sulfide) groups is 1. The van der Waals surface area contributed by atoms with Gasteiger partial charge in [0.15, 0.2) is 5.13 Å². The second-order valence-electron chi connectivity index (χ2n) is 7.03. The molecule has 0 bridgehead atoms. The van der Waals surface area contributed by atoms with Crippen LogP contribution in [0.4, 0.5) is 5.13 Å². The first-order valence-corrected chi connectivity index (χ1v) is 10.3.